The number of piperazine rings is 1. The first-order valence-corrected chi connectivity index (χ1v) is 9.54. The van der Waals surface area contributed by atoms with Crippen molar-refractivity contribution in [1.82, 2.24) is 20.0 Å². The molecule has 1 fully saturated rings. The van der Waals surface area contributed by atoms with E-state index in [1.165, 1.54) is 0 Å². The highest BCUT2D eigenvalue weighted by Crippen LogP contribution is 2.24. The topological polar surface area (TPSA) is 75.0 Å². The van der Waals surface area contributed by atoms with Gasteiger partial charge in [0.25, 0.3) is 0 Å². The van der Waals surface area contributed by atoms with Gasteiger partial charge in [0.05, 0.1) is 25.5 Å². The van der Waals surface area contributed by atoms with E-state index < -0.39 is 0 Å². The molecule has 0 bridgehead atoms. The van der Waals surface area contributed by atoms with E-state index in [-0.39, 0.29) is 36.4 Å². The molecule has 1 amide bonds. The third-order valence-electron chi connectivity index (χ3n) is 4.51. The average Bonchev–Trinajstić information content (AvgIpc) is 3.11. The summed E-state index contributed by atoms with van der Waals surface area (Å²) < 4.78 is 7.08. The van der Waals surface area contributed by atoms with E-state index in [2.05, 4.69) is 10.4 Å². The van der Waals surface area contributed by atoms with Crippen LogP contribution < -0.4 is 15.0 Å². The summed E-state index contributed by atoms with van der Waals surface area (Å²) in [5.41, 5.74) is 1.75. The number of guanidine groups is 1. The van der Waals surface area contributed by atoms with Crippen LogP contribution in [0.25, 0.3) is 0 Å². The molecule has 0 saturated carbocycles. The molecule has 3 rings (SSSR count). The number of hydrogen-bond donors (Lipinski definition) is 1. The molecule has 0 unspecified atom stereocenters. The Morgan fingerprint density at radius 3 is 2.79 bits per heavy atom. The Labute approximate surface area is 192 Å². The van der Waals surface area contributed by atoms with Gasteiger partial charge < -0.3 is 19.9 Å². The molecule has 10 heteroatoms. The van der Waals surface area contributed by atoms with Crippen molar-refractivity contribution in [3.05, 3.63) is 41.2 Å². The summed E-state index contributed by atoms with van der Waals surface area (Å²) in [6, 6.07) is 5.49. The summed E-state index contributed by atoms with van der Waals surface area (Å²) in [7, 11) is 3.45. The standard InChI is InChI=1S/C19H25ClN6O2.HI/c1-4-21-19(22-10-14-5-6-15(20)9-17(14)28-3)25-7-8-26(18(27)13-25)16-11-23-24(2)12-16;/h5-6,9,11-12H,4,7-8,10,13H2,1-3H3,(H,21,22);1H. The molecule has 0 aliphatic carbocycles. The molecule has 1 aliphatic heterocycles. The van der Waals surface area contributed by atoms with E-state index >= 15 is 0 Å². The van der Waals surface area contributed by atoms with Crippen LogP contribution in [0.5, 0.6) is 5.75 Å². The predicted molar refractivity (Wildman–Crippen MR) is 125 cm³/mol. The van der Waals surface area contributed by atoms with Crippen molar-refractivity contribution in [3.8, 4) is 5.75 Å². The maximum absolute atomic E-state index is 12.7. The fraction of sp³-hybridized carbons (Fsp3) is 0.421. The van der Waals surface area contributed by atoms with Gasteiger partial charge in [-0.25, -0.2) is 4.99 Å². The fourth-order valence-corrected chi connectivity index (χ4v) is 3.27. The largest absolute Gasteiger partial charge is 0.496 e. The molecule has 1 aromatic heterocycles. The number of aryl methyl sites for hydroxylation is 1. The summed E-state index contributed by atoms with van der Waals surface area (Å²) in [5.74, 6) is 1.43. The van der Waals surface area contributed by atoms with E-state index in [0.717, 1.165) is 11.3 Å². The minimum Gasteiger partial charge on any atom is -0.496 e. The van der Waals surface area contributed by atoms with Gasteiger partial charge in [-0.3, -0.25) is 9.48 Å². The Morgan fingerprint density at radius 2 is 2.17 bits per heavy atom. The van der Waals surface area contributed by atoms with Crippen molar-refractivity contribution >= 4 is 53.1 Å². The monoisotopic (exact) mass is 532 g/mol. The number of aliphatic imine (C=N–C) groups is 1. The Hall–Kier alpha value is -2.01. The second-order valence-electron chi connectivity index (χ2n) is 6.47. The lowest BCUT2D eigenvalue weighted by Gasteiger charge is -2.35. The summed E-state index contributed by atoms with van der Waals surface area (Å²) >= 11 is 6.03. The maximum Gasteiger partial charge on any atom is 0.246 e. The summed E-state index contributed by atoms with van der Waals surface area (Å²) in [6.07, 6.45) is 3.55. The fourth-order valence-electron chi connectivity index (χ4n) is 3.11. The zero-order valence-electron chi connectivity index (χ0n) is 16.8. The highest BCUT2D eigenvalue weighted by Gasteiger charge is 2.27. The van der Waals surface area contributed by atoms with Gasteiger partial charge in [0.1, 0.15) is 12.3 Å². The van der Waals surface area contributed by atoms with E-state index in [1.807, 2.05) is 37.2 Å². The van der Waals surface area contributed by atoms with Crippen LogP contribution in [0.1, 0.15) is 12.5 Å². The lowest BCUT2D eigenvalue weighted by Crippen LogP contribution is -2.55. The van der Waals surface area contributed by atoms with Crippen LogP contribution in [0.15, 0.2) is 35.6 Å². The van der Waals surface area contributed by atoms with Crippen molar-refractivity contribution in [2.24, 2.45) is 12.0 Å². The first-order chi connectivity index (χ1) is 13.5. The van der Waals surface area contributed by atoms with Gasteiger partial charge in [0.2, 0.25) is 5.91 Å². The third kappa shape index (κ3) is 5.75. The molecule has 0 atom stereocenters. The van der Waals surface area contributed by atoms with Gasteiger partial charge >= 0.3 is 0 Å². The maximum atomic E-state index is 12.7. The van der Waals surface area contributed by atoms with Crippen molar-refractivity contribution in [1.29, 1.82) is 0 Å². The lowest BCUT2D eigenvalue weighted by atomic mass is 10.2. The second-order valence-corrected chi connectivity index (χ2v) is 6.90. The number of amides is 1. The average molecular weight is 533 g/mol. The Balaban J connectivity index is 0.00000300. The smallest absolute Gasteiger partial charge is 0.246 e. The van der Waals surface area contributed by atoms with Gasteiger partial charge in [-0.15, -0.1) is 24.0 Å². The molecule has 1 aliphatic rings. The number of anilines is 1. The van der Waals surface area contributed by atoms with Gasteiger partial charge in [0.15, 0.2) is 5.96 Å². The van der Waals surface area contributed by atoms with E-state index in [4.69, 9.17) is 21.3 Å². The number of nitrogens with zero attached hydrogens (tertiary/aromatic N) is 5. The van der Waals surface area contributed by atoms with E-state index in [9.17, 15) is 4.79 Å². The number of carbonyl (C=O) groups excluding carboxylic acids is 1. The number of aromatic nitrogens is 2. The van der Waals surface area contributed by atoms with Crippen molar-refractivity contribution in [2.45, 2.75) is 13.5 Å². The minimum atomic E-state index is 0. The molecule has 0 spiro atoms. The second kappa shape index (κ2) is 10.7. The molecule has 2 aromatic rings. The zero-order valence-corrected chi connectivity index (χ0v) is 19.8. The summed E-state index contributed by atoms with van der Waals surface area (Å²) in [6.45, 7) is 4.68. The number of nitrogens with one attached hydrogen (secondary N) is 1. The number of methoxy groups -OCH3 is 1. The molecule has 1 N–H and O–H groups in total. The van der Waals surface area contributed by atoms with Crippen LogP contribution in [-0.4, -0.2) is 59.8 Å². The number of carbonyl (C=O) groups is 1. The first-order valence-electron chi connectivity index (χ1n) is 9.16. The zero-order chi connectivity index (χ0) is 20.1. The summed E-state index contributed by atoms with van der Waals surface area (Å²) in [4.78, 5) is 21.1. The van der Waals surface area contributed by atoms with Crippen LogP contribution in [0.2, 0.25) is 5.02 Å². The number of halogens is 2. The Bertz CT molecular complexity index is 872. The van der Waals surface area contributed by atoms with Crippen LogP contribution in [0, 0.1) is 0 Å². The van der Waals surface area contributed by atoms with Crippen LogP contribution in [0.3, 0.4) is 0 Å². The van der Waals surface area contributed by atoms with Gasteiger partial charge in [0, 0.05) is 43.5 Å². The molecular weight excluding hydrogens is 507 g/mol. The van der Waals surface area contributed by atoms with Crippen molar-refractivity contribution in [2.75, 3.05) is 38.2 Å². The number of benzene rings is 1. The van der Waals surface area contributed by atoms with E-state index in [0.29, 0.717) is 42.9 Å². The minimum absolute atomic E-state index is 0. The van der Waals surface area contributed by atoms with Crippen LogP contribution in [-0.2, 0) is 18.4 Å². The summed E-state index contributed by atoms with van der Waals surface area (Å²) in [5, 5.41) is 8.04. The van der Waals surface area contributed by atoms with Crippen molar-refractivity contribution in [3.63, 3.8) is 0 Å². The quantitative estimate of drug-likeness (QED) is 0.364. The lowest BCUT2D eigenvalue weighted by molar-refractivity contribution is -0.120. The molecular formula is C19H26ClIN6O2. The molecule has 2 heterocycles. The first kappa shape index (κ1) is 23.3. The molecule has 8 nitrogen and oxygen atoms in total. The Morgan fingerprint density at radius 1 is 1.38 bits per heavy atom. The highest BCUT2D eigenvalue weighted by molar-refractivity contribution is 14.0. The van der Waals surface area contributed by atoms with Crippen molar-refractivity contribution < 1.29 is 9.53 Å². The predicted octanol–water partition coefficient (Wildman–Crippen LogP) is 2.51. The molecule has 1 saturated heterocycles. The van der Waals surface area contributed by atoms with Crippen LogP contribution in [0.4, 0.5) is 5.69 Å². The molecule has 0 radical (unpaired) electrons. The molecule has 158 valence electrons. The highest BCUT2D eigenvalue weighted by atomic mass is 127. The van der Waals surface area contributed by atoms with E-state index in [1.54, 1.807) is 29.0 Å². The van der Waals surface area contributed by atoms with Gasteiger partial charge in [-0.2, -0.15) is 5.10 Å². The third-order valence-corrected chi connectivity index (χ3v) is 4.74. The molecule has 1 aromatic carbocycles. The SMILES string of the molecule is CCNC(=NCc1ccc(Cl)cc1OC)N1CCN(c2cnn(C)c2)C(=O)C1.I. The van der Waals surface area contributed by atoms with Gasteiger partial charge in [-0.1, -0.05) is 17.7 Å². The van der Waals surface area contributed by atoms with Gasteiger partial charge in [-0.05, 0) is 19.1 Å². The number of hydrogen-bond acceptors (Lipinski definition) is 4. The van der Waals surface area contributed by atoms with Crippen LogP contribution >= 0.6 is 35.6 Å². The number of ether oxygens (including phenoxy) is 1. The normalized spacial score (nSPS) is 14.6. The number of rotatable bonds is 5. The Kier molecular flexibility index (Phi) is 8.57. The molecule has 29 heavy (non-hydrogen) atoms.